The third-order valence-corrected chi connectivity index (χ3v) is 6.48. The average molecular weight is 775 g/mol. The maximum absolute atomic E-state index is 3.29. The van der Waals surface area contributed by atoms with Gasteiger partial charge in [-0.2, -0.15) is 0 Å². The van der Waals surface area contributed by atoms with E-state index in [2.05, 4.69) is 232 Å². The number of hydrogen-bond acceptors (Lipinski definition) is 0. The first kappa shape index (κ1) is 56.9. The number of allylic oxidation sites excluding steroid dienone is 1. The standard InChI is InChI=1S/C12H15N.C10H14.C7H12N2.C7H11N.4C4H10/c1-9(2)7-10-8-13-12-6-4-3-5-11(10)12;1-9(2)8-10-6-4-3-5-7-10;1-6(2)3-7-4-8-5-9-7;1-6(2)7-3-4-8-5-7;4*1-4(2)3/h3-6,8-9,13H,7H2,1-2H3;3-7,9H,8H2,1-2H3;4-6H,3H2,1-2H3,(H,8,9);4-6H,3H2,1-2H3;4*4H,1-3H3/p+2. The van der Waals surface area contributed by atoms with Crippen LogP contribution in [0.25, 0.3) is 10.9 Å². The quantitative estimate of drug-likeness (QED) is 0.167. The van der Waals surface area contributed by atoms with Crippen molar-refractivity contribution in [3.8, 4) is 0 Å². The molecule has 5 rings (SSSR count). The van der Waals surface area contributed by atoms with Gasteiger partial charge in [0.2, 0.25) is 6.33 Å². The Labute approximate surface area is 349 Å². The van der Waals surface area contributed by atoms with Crippen molar-refractivity contribution < 1.29 is 9.98 Å². The summed E-state index contributed by atoms with van der Waals surface area (Å²) in [4.78, 5) is 12.5. The fourth-order valence-corrected chi connectivity index (χ4v) is 4.51. The number of rotatable bonds is 7. The van der Waals surface area contributed by atoms with Crippen molar-refractivity contribution in [1.29, 1.82) is 0 Å². The molecule has 0 bridgehead atoms. The molecule has 1 aliphatic rings. The number of aromatic nitrogens is 3. The van der Waals surface area contributed by atoms with Crippen LogP contribution in [-0.2, 0) is 19.3 Å². The third-order valence-electron chi connectivity index (χ3n) is 6.48. The summed E-state index contributed by atoms with van der Waals surface area (Å²) in [5, 5.41) is 1.37. The second-order valence-electron chi connectivity index (χ2n) is 19.1. The van der Waals surface area contributed by atoms with Gasteiger partial charge in [0, 0.05) is 29.1 Å². The van der Waals surface area contributed by atoms with Crippen LogP contribution in [0.2, 0.25) is 0 Å². The molecule has 0 saturated heterocycles. The van der Waals surface area contributed by atoms with E-state index in [9.17, 15) is 0 Å². The molecule has 2 aromatic carbocycles. The molecule has 320 valence electrons. The van der Waals surface area contributed by atoms with Crippen LogP contribution < -0.4 is 9.98 Å². The molecule has 56 heavy (non-hydrogen) atoms. The average Bonchev–Trinajstić information content (AvgIpc) is 3.85. The fourth-order valence-electron chi connectivity index (χ4n) is 4.51. The van der Waals surface area contributed by atoms with Crippen LogP contribution in [-0.4, -0.2) is 16.2 Å². The van der Waals surface area contributed by atoms with Crippen LogP contribution in [0.5, 0.6) is 0 Å². The molecule has 4 N–H and O–H groups in total. The number of fused-ring (bicyclic) bond motifs is 1. The number of para-hydroxylation sites is 1. The van der Waals surface area contributed by atoms with E-state index >= 15 is 0 Å². The fraction of sp³-hybridized carbons (Fsp3) is 0.615. The third kappa shape index (κ3) is 41.8. The summed E-state index contributed by atoms with van der Waals surface area (Å²) >= 11 is 0. The highest BCUT2D eigenvalue weighted by Crippen LogP contribution is 2.20. The van der Waals surface area contributed by atoms with E-state index < -0.39 is 0 Å². The SMILES string of the molecule is CC(C)C.CC(C)C.CC(C)C.CC(C)C.CC(C)C1=C[NH+]=CC1.CC(C)Cc1c[nH+]c[nH]1.CC(C)Cc1c[nH]c2ccccc12.CC(C)Cc1ccccc1. The number of benzene rings is 2. The van der Waals surface area contributed by atoms with Gasteiger partial charge in [0.1, 0.15) is 18.1 Å². The zero-order valence-electron chi connectivity index (χ0n) is 40.5. The molecule has 2 aromatic heterocycles. The summed E-state index contributed by atoms with van der Waals surface area (Å²) in [7, 11) is 0. The van der Waals surface area contributed by atoms with Gasteiger partial charge in [-0.05, 0) is 77.4 Å². The molecule has 0 radical (unpaired) electrons. The minimum atomic E-state index is 0.709. The summed E-state index contributed by atoms with van der Waals surface area (Å²) in [6, 6.07) is 19.1. The maximum atomic E-state index is 3.29. The Morgan fingerprint density at radius 3 is 1.38 bits per heavy atom. The van der Waals surface area contributed by atoms with Gasteiger partial charge in [0.15, 0.2) is 6.20 Å². The molecule has 0 unspecified atom stereocenters. The van der Waals surface area contributed by atoms with Gasteiger partial charge >= 0.3 is 0 Å². The summed E-state index contributed by atoms with van der Waals surface area (Å²) in [6.45, 7) is 43.8. The van der Waals surface area contributed by atoms with Crippen LogP contribution in [0.3, 0.4) is 0 Å². The molecule has 0 saturated carbocycles. The number of H-pyrrole nitrogens is 3. The van der Waals surface area contributed by atoms with Crippen molar-refractivity contribution >= 4 is 17.1 Å². The van der Waals surface area contributed by atoms with Crippen molar-refractivity contribution in [3.05, 3.63) is 102 Å². The normalized spacial score (nSPS) is 11.2. The second kappa shape index (κ2) is 36.0. The van der Waals surface area contributed by atoms with E-state index in [4.69, 9.17) is 0 Å². The highest BCUT2D eigenvalue weighted by atomic mass is 14.9. The highest BCUT2D eigenvalue weighted by molar-refractivity contribution is 5.83. The topological polar surface area (TPSA) is 59.7 Å². The summed E-state index contributed by atoms with van der Waals surface area (Å²) in [6.07, 6.45) is 14.7. The molecule has 4 aromatic rings. The molecule has 0 spiro atoms. The highest BCUT2D eigenvalue weighted by Gasteiger charge is 2.08. The van der Waals surface area contributed by atoms with Gasteiger partial charge in [-0.25, -0.2) is 9.98 Å². The van der Waals surface area contributed by atoms with Crippen LogP contribution in [0.15, 0.2) is 85.1 Å². The van der Waals surface area contributed by atoms with Gasteiger partial charge < -0.3 is 4.98 Å². The van der Waals surface area contributed by atoms with Crippen LogP contribution in [0.1, 0.15) is 162 Å². The van der Waals surface area contributed by atoms with Crippen molar-refractivity contribution in [2.24, 2.45) is 47.3 Å². The van der Waals surface area contributed by atoms with Crippen molar-refractivity contribution in [2.45, 2.75) is 164 Å². The summed E-state index contributed by atoms with van der Waals surface area (Å²) in [5.74, 6) is 6.26. The molecule has 4 heteroatoms. The van der Waals surface area contributed by atoms with Gasteiger partial charge in [-0.3, -0.25) is 4.98 Å². The molecule has 3 heterocycles. The van der Waals surface area contributed by atoms with E-state index in [-0.39, 0.29) is 0 Å². The van der Waals surface area contributed by atoms with Crippen LogP contribution in [0.4, 0.5) is 0 Å². The Hall–Kier alpha value is -3.40. The molecule has 4 nitrogen and oxygen atoms in total. The Morgan fingerprint density at radius 1 is 0.536 bits per heavy atom. The van der Waals surface area contributed by atoms with Crippen LogP contribution >= 0.6 is 0 Å². The second-order valence-corrected chi connectivity index (χ2v) is 19.1. The minimum Gasteiger partial charge on any atom is -0.361 e. The van der Waals surface area contributed by atoms with Crippen molar-refractivity contribution in [2.75, 3.05) is 0 Å². The number of aromatic amines is 3. The molecular formula is C52H94N4+2. The lowest BCUT2D eigenvalue weighted by Gasteiger charge is -2.02. The smallest absolute Gasteiger partial charge is 0.239 e. The Bertz CT molecular complexity index is 1400. The van der Waals surface area contributed by atoms with E-state index in [0.717, 1.165) is 60.7 Å². The molecule has 0 aliphatic carbocycles. The van der Waals surface area contributed by atoms with Crippen molar-refractivity contribution in [1.82, 2.24) is 9.97 Å². The maximum Gasteiger partial charge on any atom is 0.239 e. The molecule has 0 amide bonds. The van der Waals surface area contributed by atoms with Crippen molar-refractivity contribution in [3.63, 3.8) is 0 Å². The predicted octanol–water partition coefficient (Wildman–Crippen LogP) is 14.0. The lowest BCUT2D eigenvalue weighted by atomic mass is 10.0. The molecule has 0 fully saturated rings. The number of imidazole rings is 1. The monoisotopic (exact) mass is 775 g/mol. The van der Waals surface area contributed by atoms with E-state index in [1.165, 1.54) is 39.7 Å². The molecule has 0 atom stereocenters. The first-order valence-electron chi connectivity index (χ1n) is 22.0. The molecular weight excluding hydrogens is 681 g/mol. The van der Waals surface area contributed by atoms with Gasteiger partial charge in [-0.15, -0.1) is 0 Å². The van der Waals surface area contributed by atoms with Crippen LogP contribution in [0, 0.1) is 47.3 Å². The lowest BCUT2D eigenvalue weighted by molar-refractivity contribution is -0.376. The van der Waals surface area contributed by atoms with Gasteiger partial charge in [0.25, 0.3) is 0 Å². The Kier molecular flexibility index (Phi) is 36.6. The van der Waals surface area contributed by atoms with Gasteiger partial charge in [0.05, 0.1) is 6.42 Å². The molecule has 1 aliphatic heterocycles. The predicted molar refractivity (Wildman–Crippen MR) is 254 cm³/mol. The summed E-state index contributed by atoms with van der Waals surface area (Å²) < 4.78 is 0. The van der Waals surface area contributed by atoms with Gasteiger partial charge in [-0.1, -0.05) is 187 Å². The van der Waals surface area contributed by atoms with E-state index in [1.807, 2.05) is 12.5 Å². The Morgan fingerprint density at radius 2 is 1.00 bits per heavy atom. The first-order valence-corrected chi connectivity index (χ1v) is 22.0. The largest absolute Gasteiger partial charge is 0.361 e. The van der Waals surface area contributed by atoms with E-state index in [1.54, 1.807) is 0 Å². The van der Waals surface area contributed by atoms with E-state index in [0.29, 0.717) is 5.92 Å². The number of nitrogens with one attached hydrogen (secondary N) is 4. The minimum absolute atomic E-state index is 0.709. The Balaban J connectivity index is -0.000000600. The summed E-state index contributed by atoms with van der Waals surface area (Å²) in [5.41, 5.74) is 6.91. The first-order chi connectivity index (χ1) is 26.1. The lowest BCUT2D eigenvalue weighted by Crippen LogP contribution is -2.58. The zero-order chi connectivity index (χ0) is 43.6. The zero-order valence-corrected chi connectivity index (χ0v) is 40.5. The number of hydrogen-bond donors (Lipinski definition) is 3.